The normalized spacial score (nSPS) is 15.5. The number of anilines is 1. The summed E-state index contributed by atoms with van der Waals surface area (Å²) in [6, 6.07) is 26.8. The molecule has 5 N–H and O–H groups in total. The Labute approximate surface area is 235 Å². The van der Waals surface area contributed by atoms with Crippen LogP contribution in [0.2, 0.25) is 0 Å². The minimum Gasteiger partial charge on any atom is -0.497 e. The maximum absolute atomic E-state index is 6.12. The van der Waals surface area contributed by atoms with Crippen molar-refractivity contribution < 1.29 is 4.74 Å². The molecule has 0 saturated carbocycles. The lowest BCUT2D eigenvalue weighted by Crippen LogP contribution is -2.26. The van der Waals surface area contributed by atoms with Crippen molar-refractivity contribution in [1.29, 1.82) is 0 Å². The number of ether oxygens (including phenoxy) is 1. The predicted molar refractivity (Wildman–Crippen MR) is 163 cm³/mol. The van der Waals surface area contributed by atoms with Crippen molar-refractivity contribution in [2.75, 3.05) is 25.1 Å². The highest BCUT2D eigenvalue weighted by Crippen LogP contribution is 2.30. The molecule has 9 heteroatoms. The molecule has 4 aromatic carbocycles. The molecule has 0 aliphatic carbocycles. The summed E-state index contributed by atoms with van der Waals surface area (Å²) >= 11 is 0. The van der Waals surface area contributed by atoms with Crippen LogP contribution in [0.3, 0.4) is 0 Å². The average molecular weight is 541 g/mol. The summed E-state index contributed by atoms with van der Waals surface area (Å²) in [5.41, 5.74) is 16.0. The molecule has 0 amide bonds. The van der Waals surface area contributed by atoms with Crippen molar-refractivity contribution in [2.24, 2.45) is 5.73 Å². The Kier molecular flexibility index (Phi) is 5.33. The van der Waals surface area contributed by atoms with Crippen LogP contribution in [-0.4, -0.2) is 56.1 Å². The van der Waals surface area contributed by atoms with E-state index in [0.29, 0.717) is 0 Å². The smallest absolute Gasteiger partial charge is 0.138 e. The number of methoxy groups -OCH3 is 1. The summed E-state index contributed by atoms with van der Waals surface area (Å²) in [6.07, 6.45) is 1.03. The van der Waals surface area contributed by atoms with Gasteiger partial charge in [0.05, 0.1) is 40.2 Å². The number of aromatic amines is 3. The zero-order valence-electron chi connectivity index (χ0n) is 22.5. The molecule has 1 fully saturated rings. The summed E-state index contributed by atoms with van der Waals surface area (Å²) in [5.74, 6) is 3.27. The van der Waals surface area contributed by atoms with Gasteiger partial charge in [0.2, 0.25) is 0 Å². The molecule has 4 heterocycles. The molecular formula is C32H28N8O. The van der Waals surface area contributed by atoms with Crippen LogP contribution in [-0.2, 0) is 0 Å². The second-order valence-corrected chi connectivity index (χ2v) is 10.6. The maximum atomic E-state index is 6.12. The molecule has 1 unspecified atom stereocenters. The van der Waals surface area contributed by atoms with E-state index >= 15 is 0 Å². The van der Waals surface area contributed by atoms with Crippen molar-refractivity contribution in [2.45, 2.75) is 12.5 Å². The molecule has 202 valence electrons. The molecule has 0 radical (unpaired) electrons. The number of imidazole rings is 3. The van der Waals surface area contributed by atoms with Gasteiger partial charge in [0.25, 0.3) is 0 Å². The first-order valence-corrected chi connectivity index (χ1v) is 13.7. The molecule has 1 atom stereocenters. The van der Waals surface area contributed by atoms with E-state index < -0.39 is 0 Å². The van der Waals surface area contributed by atoms with Crippen LogP contribution in [0.25, 0.3) is 67.3 Å². The van der Waals surface area contributed by atoms with Crippen LogP contribution in [0.4, 0.5) is 5.69 Å². The summed E-state index contributed by atoms with van der Waals surface area (Å²) in [4.78, 5) is 27.3. The first-order chi connectivity index (χ1) is 20.1. The molecule has 1 aliphatic rings. The van der Waals surface area contributed by atoms with Gasteiger partial charge in [-0.3, -0.25) is 0 Å². The monoisotopic (exact) mass is 540 g/mol. The molecule has 0 bridgehead atoms. The fraction of sp³-hybridized carbons (Fsp3) is 0.156. The maximum Gasteiger partial charge on any atom is 0.138 e. The number of hydrogen-bond donors (Lipinski definition) is 4. The number of H-pyrrole nitrogens is 3. The van der Waals surface area contributed by atoms with Crippen LogP contribution in [0.15, 0.2) is 78.9 Å². The van der Waals surface area contributed by atoms with E-state index in [9.17, 15) is 0 Å². The lowest BCUT2D eigenvalue weighted by Gasteiger charge is -2.17. The highest BCUT2D eigenvalue weighted by atomic mass is 16.5. The van der Waals surface area contributed by atoms with Gasteiger partial charge in [-0.25, -0.2) is 15.0 Å². The molecule has 1 saturated heterocycles. The van der Waals surface area contributed by atoms with E-state index in [-0.39, 0.29) is 6.04 Å². The van der Waals surface area contributed by atoms with Crippen molar-refractivity contribution in [3.05, 3.63) is 78.9 Å². The van der Waals surface area contributed by atoms with Crippen LogP contribution >= 0.6 is 0 Å². The number of nitrogens with two attached hydrogens (primary N) is 1. The topological polar surface area (TPSA) is 125 Å². The number of fused-ring (bicyclic) bond motifs is 3. The minimum absolute atomic E-state index is 0.243. The summed E-state index contributed by atoms with van der Waals surface area (Å²) in [6.45, 7) is 1.88. The Bertz CT molecular complexity index is 2050. The fourth-order valence-electron chi connectivity index (χ4n) is 5.69. The van der Waals surface area contributed by atoms with Gasteiger partial charge in [0.15, 0.2) is 0 Å². The lowest BCUT2D eigenvalue weighted by atomic mass is 10.2. The van der Waals surface area contributed by atoms with Gasteiger partial charge in [-0.1, -0.05) is 0 Å². The third-order valence-corrected chi connectivity index (χ3v) is 7.93. The van der Waals surface area contributed by atoms with Crippen LogP contribution < -0.4 is 15.4 Å². The van der Waals surface area contributed by atoms with Gasteiger partial charge in [0, 0.05) is 41.5 Å². The zero-order chi connectivity index (χ0) is 27.5. The van der Waals surface area contributed by atoms with Crippen molar-refractivity contribution >= 4 is 38.8 Å². The number of rotatable bonds is 5. The molecule has 1 aliphatic heterocycles. The summed E-state index contributed by atoms with van der Waals surface area (Å²) in [7, 11) is 1.66. The Morgan fingerprint density at radius 2 is 1.20 bits per heavy atom. The molecular weight excluding hydrogens is 512 g/mol. The van der Waals surface area contributed by atoms with E-state index in [1.807, 2.05) is 42.5 Å². The highest BCUT2D eigenvalue weighted by Gasteiger charge is 2.20. The third kappa shape index (κ3) is 4.18. The Morgan fingerprint density at radius 1 is 0.683 bits per heavy atom. The Hall–Kier alpha value is -5.15. The zero-order valence-corrected chi connectivity index (χ0v) is 22.5. The molecule has 41 heavy (non-hydrogen) atoms. The Balaban J connectivity index is 1.09. The first-order valence-electron chi connectivity index (χ1n) is 13.7. The van der Waals surface area contributed by atoms with Gasteiger partial charge < -0.3 is 30.3 Å². The third-order valence-electron chi connectivity index (χ3n) is 7.93. The van der Waals surface area contributed by atoms with Crippen molar-refractivity contribution in [3.8, 4) is 39.9 Å². The molecule has 7 aromatic rings. The van der Waals surface area contributed by atoms with Gasteiger partial charge >= 0.3 is 0 Å². The van der Waals surface area contributed by atoms with Gasteiger partial charge in [-0.05, 0) is 85.3 Å². The van der Waals surface area contributed by atoms with E-state index in [2.05, 4.69) is 56.3 Å². The van der Waals surface area contributed by atoms with Crippen LogP contribution in [0.1, 0.15) is 6.42 Å². The predicted octanol–water partition coefficient (Wildman–Crippen LogP) is 5.86. The Morgan fingerprint density at radius 3 is 1.73 bits per heavy atom. The van der Waals surface area contributed by atoms with Gasteiger partial charge in [-0.15, -0.1) is 0 Å². The fourth-order valence-corrected chi connectivity index (χ4v) is 5.69. The summed E-state index contributed by atoms with van der Waals surface area (Å²) < 4.78 is 5.27. The van der Waals surface area contributed by atoms with E-state index in [1.54, 1.807) is 7.11 Å². The minimum atomic E-state index is 0.243. The molecule has 3 aromatic heterocycles. The van der Waals surface area contributed by atoms with Gasteiger partial charge in [0.1, 0.15) is 23.2 Å². The number of benzene rings is 4. The van der Waals surface area contributed by atoms with Crippen LogP contribution in [0.5, 0.6) is 5.75 Å². The lowest BCUT2D eigenvalue weighted by molar-refractivity contribution is 0.415. The molecule has 0 spiro atoms. The van der Waals surface area contributed by atoms with Crippen LogP contribution in [0, 0.1) is 0 Å². The number of aromatic nitrogens is 6. The highest BCUT2D eigenvalue weighted by molar-refractivity contribution is 5.89. The van der Waals surface area contributed by atoms with Crippen molar-refractivity contribution in [3.63, 3.8) is 0 Å². The number of hydrogen-bond acceptors (Lipinski definition) is 6. The first kappa shape index (κ1) is 23.7. The molecule has 8 rings (SSSR count). The van der Waals surface area contributed by atoms with Crippen molar-refractivity contribution in [1.82, 2.24) is 29.9 Å². The second kappa shape index (κ2) is 9.21. The average Bonchev–Trinajstić information content (AvgIpc) is 3.80. The SMILES string of the molecule is COc1ccc(-c2nc3ccc(-c4nc5ccc(-c6nc7ccc(N8CCC(N)C8)cc7[nH]6)cc5[nH]4)cc3[nH]2)cc1. The van der Waals surface area contributed by atoms with Gasteiger partial charge in [-0.2, -0.15) is 0 Å². The van der Waals surface area contributed by atoms with E-state index in [0.717, 1.165) is 92.5 Å². The van der Waals surface area contributed by atoms with E-state index in [4.69, 9.17) is 25.4 Å². The number of nitrogens with zero attached hydrogens (tertiary/aromatic N) is 4. The molecule has 9 nitrogen and oxygen atoms in total. The quantitative estimate of drug-likeness (QED) is 0.217. The van der Waals surface area contributed by atoms with E-state index in [1.165, 1.54) is 5.69 Å². The number of nitrogens with one attached hydrogen (secondary N) is 3. The standard InChI is InChI=1S/C32H28N8O/c1-41-23-7-2-18(3-8-23)30-34-24-9-4-19(14-27(24)37-30)31-35-25-10-5-20(15-28(25)38-31)32-36-26-11-6-22(16-29(26)39-32)40-13-12-21(33)17-40/h2-11,14-16,21H,12-13,17,33H2,1H3,(H,34,37)(H,35,38)(H,36,39). The largest absolute Gasteiger partial charge is 0.497 e. The summed E-state index contributed by atoms with van der Waals surface area (Å²) in [5, 5.41) is 0. The second-order valence-electron chi connectivity index (χ2n) is 10.6.